The summed E-state index contributed by atoms with van der Waals surface area (Å²) in [7, 11) is 0. The van der Waals surface area contributed by atoms with E-state index in [0.29, 0.717) is 0 Å². The van der Waals surface area contributed by atoms with Crippen LogP contribution in [0.5, 0.6) is 0 Å². The molecule has 0 aromatic heterocycles. The maximum Gasteiger partial charge on any atom is 0.131 e. The number of hydrogen-bond donors (Lipinski definition) is 2. The molecule has 2 atom stereocenters. The zero-order chi connectivity index (χ0) is 13.1. The Labute approximate surface area is 118 Å². The molecule has 0 heterocycles. The lowest BCUT2D eigenvalue weighted by molar-refractivity contribution is 0.0597. The third kappa shape index (κ3) is 3.65. The average molecular weight is 292 g/mol. The Morgan fingerprint density at radius 1 is 1.11 bits per heavy atom. The van der Waals surface area contributed by atoms with Gasteiger partial charge in [0.05, 0.1) is 12.1 Å². The average Bonchev–Trinajstić information content (AvgIpc) is 2.38. The maximum absolute atomic E-state index is 13.6. The molecule has 3 N–H and O–H groups in total. The first-order valence-corrected chi connectivity index (χ1v) is 6.49. The molecule has 0 saturated heterocycles. The first kappa shape index (κ1) is 16.3. The van der Waals surface area contributed by atoms with Crippen molar-refractivity contribution in [2.24, 2.45) is 11.7 Å². The van der Waals surface area contributed by atoms with Crippen LogP contribution in [0.2, 0.25) is 0 Å². The van der Waals surface area contributed by atoms with Crippen LogP contribution in [0.15, 0.2) is 18.2 Å². The molecular weight excluding hydrogens is 272 g/mol. The van der Waals surface area contributed by atoms with E-state index in [1.54, 1.807) is 0 Å². The summed E-state index contributed by atoms with van der Waals surface area (Å²) in [5.74, 6) is -1.32. The van der Waals surface area contributed by atoms with E-state index in [1.165, 1.54) is 18.2 Å². The Balaban J connectivity index is 0.00000180. The maximum atomic E-state index is 13.6. The van der Waals surface area contributed by atoms with Gasteiger partial charge in [-0.1, -0.05) is 25.3 Å². The second-order valence-electron chi connectivity index (χ2n) is 5.05. The molecule has 1 aliphatic rings. The molecule has 19 heavy (non-hydrogen) atoms. The van der Waals surface area contributed by atoms with Crippen LogP contribution in [0.4, 0.5) is 8.78 Å². The highest BCUT2D eigenvalue weighted by molar-refractivity contribution is 5.85. The molecule has 2 rings (SSSR count). The van der Waals surface area contributed by atoms with E-state index in [4.69, 9.17) is 5.73 Å². The van der Waals surface area contributed by atoms with Gasteiger partial charge in [0.1, 0.15) is 11.6 Å². The Morgan fingerprint density at radius 3 is 2.16 bits per heavy atom. The quantitative estimate of drug-likeness (QED) is 0.897. The molecule has 0 spiro atoms. The van der Waals surface area contributed by atoms with Gasteiger partial charge in [-0.25, -0.2) is 8.78 Å². The van der Waals surface area contributed by atoms with Crippen LogP contribution in [0, 0.1) is 17.6 Å². The number of halogens is 3. The molecule has 1 aromatic carbocycles. The molecule has 0 unspecified atom stereocenters. The van der Waals surface area contributed by atoms with E-state index < -0.39 is 23.8 Å². The summed E-state index contributed by atoms with van der Waals surface area (Å²) < 4.78 is 27.2. The van der Waals surface area contributed by atoms with Crippen molar-refractivity contribution in [3.63, 3.8) is 0 Å². The van der Waals surface area contributed by atoms with Crippen LogP contribution in [0.25, 0.3) is 0 Å². The Hall–Kier alpha value is -0.710. The largest absolute Gasteiger partial charge is 0.391 e. The van der Waals surface area contributed by atoms with Crippen molar-refractivity contribution in [3.05, 3.63) is 35.4 Å². The SMILES string of the molecule is Cl.N[C@@H](c1c(F)cccc1F)[C@H](O)C1CCCCC1. The molecule has 1 aromatic rings. The summed E-state index contributed by atoms with van der Waals surface area (Å²) in [5, 5.41) is 10.2. The van der Waals surface area contributed by atoms with Gasteiger partial charge in [-0.2, -0.15) is 0 Å². The van der Waals surface area contributed by atoms with Gasteiger partial charge in [-0.15, -0.1) is 12.4 Å². The van der Waals surface area contributed by atoms with E-state index in [0.717, 1.165) is 32.1 Å². The van der Waals surface area contributed by atoms with Gasteiger partial charge in [0.15, 0.2) is 0 Å². The number of aliphatic hydroxyl groups excluding tert-OH is 1. The Kier molecular flexibility index (Phi) is 6.17. The number of aliphatic hydroxyl groups is 1. The molecular formula is C14H20ClF2NO. The molecule has 0 radical (unpaired) electrons. The lowest BCUT2D eigenvalue weighted by Gasteiger charge is -2.30. The zero-order valence-corrected chi connectivity index (χ0v) is 11.5. The molecule has 2 nitrogen and oxygen atoms in total. The van der Waals surface area contributed by atoms with Crippen molar-refractivity contribution in [1.82, 2.24) is 0 Å². The molecule has 5 heteroatoms. The van der Waals surface area contributed by atoms with E-state index in [2.05, 4.69) is 0 Å². The number of nitrogens with two attached hydrogens (primary N) is 1. The van der Waals surface area contributed by atoms with Crippen molar-refractivity contribution in [3.8, 4) is 0 Å². The Bertz CT molecular complexity index is 390. The summed E-state index contributed by atoms with van der Waals surface area (Å²) in [6.07, 6.45) is 4.14. The lowest BCUT2D eigenvalue weighted by atomic mass is 9.81. The van der Waals surface area contributed by atoms with Crippen molar-refractivity contribution in [2.45, 2.75) is 44.2 Å². The highest BCUT2D eigenvalue weighted by Crippen LogP contribution is 2.32. The highest BCUT2D eigenvalue weighted by Gasteiger charge is 2.30. The van der Waals surface area contributed by atoms with Crippen molar-refractivity contribution in [1.29, 1.82) is 0 Å². The second kappa shape index (κ2) is 7.17. The van der Waals surface area contributed by atoms with Crippen molar-refractivity contribution in [2.75, 3.05) is 0 Å². The number of rotatable bonds is 3. The van der Waals surface area contributed by atoms with E-state index in [1.807, 2.05) is 0 Å². The van der Waals surface area contributed by atoms with Crippen molar-refractivity contribution >= 4 is 12.4 Å². The molecule has 1 saturated carbocycles. The van der Waals surface area contributed by atoms with Crippen molar-refractivity contribution < 1.29 is 13.9 Å². The molecule has 1 fully saturated rings. The number of hydrogen-bond acceptors (Lipinski definition) is 2. The molecule has 1 aliphatic carbocycles. The summed E-state index contributed by atoms with van der Waals surface area (Å²) in [5.41, 5.74) is 5.64. The normalized spacial score (nSPS) is 19.6. The van der Waals surface area contributed by atoms with Gasteiger partial charge in [0, 0.05) is 5.56 Å². The fourth-order valence-corrected chi connectivity index (χ4v) is 2.77. The molecule has 108 valence electrons. The first-order valence-electron chi connectivity index (χ1n) is 6.49. The minimum atomic E-state index is -0.991. The lowest BCUT2D eigenvalue weighted by Crippen LogP contribution is -2.35. The molecule has 0 aliphatic heterocycles. The smallest absolute Gasteiger partial charge is 0.131 e. The van der Waals surface area contributed by atoms with Crippen LogP contribution in [0.1, 0.15) is 43.7 Å². The summed E-state index contributed by atoms with van der Waals surface area (Å²) >= 11 is 0. The van der Waals surface area contributed by atoms with E-state index >= 15 is 0 Å². The van der Waals surface area contributed by atoms with Crippen LogP contribution >= 0.6 is 12.4 Å². The highest BCUT2D eigenvalue weighted by atomic mass is 35.5. The number of benzene rings is 1. The monoisotopic (exact) mass is 291 g/mol. The fraction of sp³-hybridized carbons (Fsp3) is 0.571. The molecule has 0 amide bonds. The predicted molar refractivity (Wildman–Crippen MR) is 73.1 cm³/mol. The zero-order valence-electron chi connectivity index (χ0n) is 10.7. The van der Waals surface area contributed by atoms with Gasteiger partial charge in [-0.05, 0) is 30.9 Å². The van der Waals surface area contributed by atoms with E-state index in [9.17, 15) is 13.9 Å². The minimum absolute atomic E-state index is 0. The van der Waals surface area contributed by atoms with Crippen LogP contribution in [-0.2, 0) is 0 Å². The van der Waals surface area contributed by atoms with Gasteiger partial charge in [0.2, 0.25) is 0 Å². The third-order valence-electron chi connectivity index (χ3n) is 3.83. The second-order valence-corrected chi connectivity index (χ2v) is 5.05. The van der Waals surface area contributed by atoms with E-state index in [-0.39, 0.29) is 23.9 Å². The van der Waals surface area contributed by atoms with Crippen LogP contribution in [-0.4, -0.2) is 11.2 Å². The van der Waals surface area contributed by atoms with Crippen LogP contribution < -0.4 is 5.73 Å². The first-order chi connectivity index (χ1) is 8.61. The predicted octanol–water partition coefficient (Wildman–Crippen LogP) is 3.33. The fourth-order valence-electron chi connectivity index (χ4n) is 2.77. The topological polar surface area (TPSA) is 46.2 Å². The van der Waals surface area contributed by atoms with Gasteiger partial charge in [-0.3, -0.25) is 0 Å². The van der Waals surface area contributed by atoms with Gasteiger partial charge >= 0.3 is 0 Å². The standard InChI is InChI=1S/C14H19F2NO.ClH/c15-10-7-4-8-11(16)12(10)13(17)14(18)9-5-2-1-3-6-9;/h4,7-9,13-14,18H,1-3,5-6,17H2;1H/t13-,14+;/m0./s1. The van der Waals surface area contributed by atoms with Gasteiger partial charge < -0.3 is 10.8 Å². The molecule has 0 bridgehead atoms. The summed E-state index contributed by atoms with van der Waals surface area (Å²) in [4.78, 5) is 0. The minimum Gasteiger partial charge on any atom is -0.391 e. The summed E-state index contributed by atoms with van der Waals surface area (Å²) in [6.45, 7) is 0. The van der Waals surface area contributed by atoms with Gasteiger partial charge in [0.25, 0.3) is 0 Å². The third-order valence-corrected chi connectivity index (χ3v) is 3.83. The summed E-state index contributed by atoms with van der Waals surface area (Å²) in [6, 6.07) is 2.65. The Morgan fingerprint density at radius 2 is 1.63 bits per heavy atom. The van der Waals surface area contributed by atoms with Crippen LogP contribution in [0.3, 0.4) is 0 Å².